The maximum atomic E-state index is 9.70. The minimum absolute atomic E-state index is 0.448. The van der Waals surface area contributed by atoms with Crippen LogP contribution in [0.3, 0.4) is 0 Å². The summed E-state index contributed by atoms with van der Waals surface area (Å²) in [5.74, 6) is 0. The first-order valence-corrected chi connectivity index (χ1v) is 6.51. The van der Waals surface area contributed by atoms with Gasteiger partial charge in [-0.05, 0) is 45.4 Å². The summed E-state index contributed by atoms with van der Waals surface area (Å²) in [4.78, 5) is 0. The van der Waals surface area contributed by atoms with E-state index in [1.807, 2.05) is 20.9 Å². The van der Waals surface area contributed by atoms with Crippen LogP contribution in [0, 0.1) is 0 Å². The highest BCUT2D eigenvalue weighted by atomic mass is 16.3. The van der Waals surface area contributed by atoms with Crippen molar-refractivity contribution in [3.63, 3.8) is 0 Å². The molecule has 2 N–H and O–H groups in total. The Balaban J connectivity index is 2.58. The van der Waals surface area contributed by atoms with Crippen LogP contribution < -0.4 is 5.32 Å². The number of hydrogen-bond acceptors (Lipinski definition) is 2. The lowest BCUT2D eigenvalue weighted by Gasteiger charge is -2.17. The third-order valence-corrected chi connectivity index (χ3v) is 3.08. The smallest absolute Gasteiger partial charge is 0.0608 e. The summed E-state index contributed by atoms with van der Waals surface area (Å²) in [6.07, 6.45) is 7.40. The molecule has 1 unspecified atom stereocenters. The number of rotatable bonds is 7. The summed E-state index contributed by atoms with van der Waals surface area (Å²) >= 11 is 0. The van der Waals surface area contributed by atoms with Crippen molar-refractivity contribution in [1.82, 2.24) is 9.88 Å². The fraction of sp³-hybridized carbons (Fsp3) is 0.714. The third kappa shape index (κ3) is 4.92. The Hall–Kier alpha value is -0.800. The first kappa shape index (κ1) is 14.3. The van der Waals surface area contributed by atoms with Gasteiger partial charge >= 0.3 is 0 Å². The lowest BCUT2D eigenvalue weighted by molar-refractivity contribution is 0.0662. The van der Waals surface area contributed by atoms with Crippen LogP contribution >= 0.6 is 0 Å². The van der Waals surface area contributed by atoms with E-state index in [0.717, 1.165) is 19.4 Å². The highest BCUT2D eigenvalue weighted by Crippen LogP contribution is 2.19. The lowest BCUT2D eigenvalue weighted by atomic mass is 10.1. The molecule has 0 spiro atoms. The molecule has 1 aromatic heterocycles. The van der Waals surface area contributed by atoms with Gasteiger partial charge in [0.05, 0.1) is 5.60 Å². The molecule has 0 fully saturated rings. The minimum Gasteiger partial charge on any atom is -0.390 e. The fourth-order valence-corrected chi connectivity index (χ4v) is 1.97. The maximum absolute atomic E-state index is 9.70. The van der Waals surface area contributed by atoms with Crippen LogP contribution in [0.2, 0.25) is 0 Å². The molecule has 1 aromatic rings. The van der Waals surface area contributed by atoms with Gasteiger partial charge in [0, 0.05) is 25.0 Å². The molecule has 0 saturated heterocycles. The summed E-state index contributed by atoms with van der Waals surface area (Å²) in [6.45, 7) is 6.78. The molecule has 1 atom stereocenters. The SMILES string of the molecule is CCCC(NC)c1ccn(CCC(C)(C)O)c1. The predicted octanol–water partition coefficient (Wildman–Crippen LogP) is 2.71. The molecule has 3 nitrogen and oxygen atoms in total. The molecular weight excluding hydrogens is 212 g/mol. The van der Waals surface area contributed by atoms with Crippen molar-refractivity contribution in [2.45, 2.75) is 58.2 Å². The molecule has 98 valence electrons. The molecular formula is C14H26N2O. The van der Waals surface area contributed by atoms with Crippen molar-refractivity contribution in [2.75, 3.05) is 7.05 Å². The Morgan fingerprint density at radius 1 is 1.47 bits per heavy atom. The highest BCUT2D eigenvalue weighted by molar-refractivity contribution is 5.15. The second-order valence-electron chi connectivity index (χ2n) is 5.38. The average molecular weight is 238 g/mol. The number of aryl methyl sites for hydroxylation is 1. The molecule has 1 heterocycles. The zero-order chi connectivity index (χ0) is 12.9. The number of aromatic nitrogens is 1. The normalized spacial score (nSPS) is 13.9. The van der Waals surface area contributed by atoms with Crippen molar-refractivity contribution in [2.24, 2.45) is 0 Å². The monoisotopic (exact) mass is 238 g/mol. The summed E-state index contributed by atoms with van der Waals surface area (Å²) in [6, 6.07) is 2.62. The third-order valence-electron chi connectivity index (χ3n) is 3.08. The molecule has 0 saturated carbocycles. The molecule has 0 aromatic carbocycles. The van der Waals surface area contributed by atoms with Gasteiger partial charge in [-0.1, -0.05) is 13.3 Å². The van der Waals surface area contributed by atoms with E-state index in [-0.39, 0.29) is 0 Å². The number of nitrogens with one attached hydrogen (secondary N) is 1. The van der Waals surface area contributed by atoms with Crippen molar-refractivity contribution >= 4 is 0 Å². The van der Waals surface area contributed by atoms with Gasteiger partial charge in [-0.25, -0.2) is 0 Å². The Morgan fingerprint density at radius 2 is 2.18 bits per heavy atom. The molecule has 3 heteroatoms. The van der Waals surface area contributed by atoms with Gasteiger partial charge < -0.3 is 15.0 Å². The van der Waals surface area contributed by atoms with Crippen LogP contribution in [-0.2, 0) is 6.54 Å². The number of nitrogens with zero attached hydrogens (tertiary/aromatic N) is 1. The molecule has 17 heavy (non-hydrogen) atoms. The molecule has 0 bridgehead atoms. The van der Waals surface area contributed by atoms with E-state index in [9.17, 15) is 5.11 Å². The van der Waals surface area contributed by atoms with Crippen LogP contribution in [0.15, 0.2) is 18.5 Å². The fourth-order valence-electron chi connectivity index (χ4n) is 1.97. The van der Waals surface area contributed by atoms with Crippen LogP contribution in [0.4, 0.5) is 0 Å². The maximum Gasteiger partial charge on any atom is 0.0608 e. The van der Waals surface area contributed by atoms with E-state index in [0.29, 0.717) is 6.04 Å². The van der Waals surface area contributed by atoms with E-state index < -0.39 is 5.60 Å². The van der Waals surface area contributed by atoms with Crippen molar-refractivity contribution in [3.8, 4) is 0 Å². The lowest BCUT2D eigenvalue weighted by Crippen LogP contribution is -2.20. The zero-order valence-corrected chi connectivity index (χ0v) is 11.5. The Kier molecular flexibility index (Phi) is 5.22. The highest BCUT2D eigenvalue weighted by Gasteiger charge is 2.13. The molecule has 0 aliphatic rings. The Morgan fingerprint density at radius 3 is 2.71 bits per heavy atom. The molecule has 0 aliphatic carbocycles. The molecule has 0 radical (unpaired) electrons. The first-order chi connectivity index (χ1) is 7.96. The van der Waals surface area contributed by atoms with Gasteiger partial charge in [0.15, 0.2) is 0 Å². The van der Waals surface area contributed by atoms with Gasteiger partial charge in [-0.2, -0.15) is 0 Å². The first-order valence-electron chi connectivity index (χ1n) is 6.51. The molecule has 0 aliphatic heterocycles. The average Bonchev–Trinajstić information content (AvgIpc) is 2.70. The van der Waals surface area contributed by atoms with Gasteiger partial charge in [0.1, 0.15) is 0 Å². The Labute approximate surface area is 105 Å². The number of hydrogen-bond donors (Lipinski definition) is 2. The quantitative estimate of drug-likeness (QED) is 0.766. The van der Waals surface area contributed by atoms with Crippen LogP contribution in [0.1, 0.15) is 51.6 Å². The van der Waals surface area contributed by atoms with E-state index in [1.54, 1.807) is 0 Å². The Bertz CT molecular complexity index is 325. The van der Waals surface area contributed by atoms with Crippen LogP contribution in [0.25, 0.3) is 0 Å². The van der Waals surface area contributed by atoms with Crippen LogP contribution in [0.5, 0.6) is 0 Å². The predicted molar refractivity (Wildman–Crippen MR) is 72.1 cm³/mol. The van der Waals surface area contributed by atoms with Gasteiger partial charge in [0.25, 0.3) is 0 Å². The van der Waals surface area contributed by atoms with Crippen molar-refractivity contribution in [3.05, 3.63) is 24.0 Å². The van der Waals surface area contributed by atoms with Gasteiger partial charge in [0.2, 0.25) is 0 Å². The minimum atomic E-state index is -0.587. The topological polar surface area (TPSA) is 37.2 Å². The van der Waals surface area contributed by atoms with Crippen molar-refractivity contribution < 1.29 is 5.11 Å². The molecule has 1 rings (SSSR count). The number of aliphatic hydroxyl groups is 1. The van der Waals surface area contributed by atoms with Gasteiger partial charge in [-0.15, -0.1) is 0 Å². The summed E-state index contributed by atoms with van der Waals surface area (Å²) in [7, 11) is 2.01. The van der Waals surface area contributed by atoms with E-state index in [1.165, 1.54) is 12.0 Å². The van der Waals surface area contributed by atoms with Gasteiger partial charge in [-0.3, -0.25) is 0 Å². The van der Waals surface area contributed by atoms with E-state index in [4.69, 9.17) is 0 Å². The summed E-state index contributed by atoms with van der Waals surface area (Å²) < 4.78 is 2.16. The van der Waals surface area contributed by atoms with E-state index >= 15 is 0 Å². The summed E-state index contributed by atoms with van der Waals surface area (Å²) in [5, 5.41) is 13.0. The standard InChI is InChI=1S/C14H26N2O/c1-5-6-13(15-4)12-7-9-16(11-12)10-8-14(2,3)17/h7,9,11,13,15,17H,5-6,8,10H2,1-4H3. The van der Waals surface area contributed by atoms with Crippen LogP contribution in [-0.4, -0.2) is 22.3 Å². The zero-order valence-electron chi connectivity index (χ0n) is 11.5. The molecule has 0 amide bonds. The largest absolute Gasteiger partial charge is 0.390 e. The van der Waals surface area contributed by atoms with E-state index in [2.05, 4.69) is 35.3 Å². The second-order valence-corrected chi connectivity index (χ2v) is 5.38. The van der Waals surface area contributed by atoms with Crippen molar-refractivity contribution in [1.29, 1.82) is 0 Å². The summed E-state index contributed by atoms with van der Waals surface area (Å²) in [5.41, 5.74) is 0.751. The second kappa shape index (κ2) is 6.22.